The molecule has 24 heteroatoms. The number of benzene rings is 3. The van der Waals surface area contributed by atoms with Crippen molar-refractivity contribution in [3.63, 3.8) is 0 Å². The number of nitrogens with one attached hydrogen (secondary N) is 1. The second kappa shape index (κ2) is 29.4. The zero-order chi connectivity index (χ0) is 73.6. The molecule has 101 heavy (non-hydrogen) atoms. The molecular formula is C77H99F8N13O3. The third kappa shape index (κ3) is 17.0. The Balaban J connectivity index is 0.000000164. The van der Waals surface area contributed by atoms with E-state index in [1.54, 1.807) is 78.6 Å². The van der Waals surface area contributed by atoms with Crippen LogP contribution in [0.25, 0.3) is 0 Å². The molecule has 0 spiro atoms. The van der Waals surface area contributed by atoms with Gasteiger partial charge in [-0.3, -0.25) is 14.4 Å². The molecule has 16 nitrogen and oxygen atoms in total. The molecule has 3 fully saturated rings. The summed E-state index contributed by atoms with van der Waals surface area (Å²) in [6.07, 6.45) is 14.5. The van der Waals surface area contributed by atoms with Gasteiger partial charge in [-0.15, -0.1) is 0 Å². The Morgan fingerprint density at radius 1 is 0.485 bits per heavy atom. The standard InChI is InChI=1S/C27H33F5N4O.C25H33F2N5O.C25H33FN4O/c1-16(17-11-18(26(4,28)29)13-19(12-17)27(30,31)32)10-22-33-14-21-23(34-22)36(20-8-6-7-9-20)15-25(2,3)24(37)35(21)5;1-16(17-10-12-18(13-11-17)25(4,26)27)29-23-28-14-20-21(30-23)32(19-8-6-7-9-19)15-24(2,3)22(33)31(20)5;1-16-10-18(13-19(26)11-16)17(2)12-22-27-14-21-23(28-22)30(20-8-6-7-9-20)15-25(3,4)24(31)29(21)5/h11-14,16,20H,6-10,15H2,1-5H3;10-14,16,19H,6-9,15H2,1-5H3,(H,28,29,30);10-11,13-14,17,20H,6-9,12,15H2,1-5H3/t2*16-;17-/m100/s1. The maximum absolute atomic E-state index is 14.0. The number of anilines is 7. The average Bonchev–Trinajstić information content (AvgIpc) is 1.61. The van der Waals surface area contributed by atoms with E-state index in [1.165, 1.54) is 37.8 Å². The number of hydrogen-bond donors (Lipinski definition) is 1. The molecular weight excluding hydrogens is 1310 g/mol. The van der Waals surface area contributed by atoms with Crippen molar-refractivity contribution in [2.24, 2.45) is 16.2 Å². The van der Waals surface area contributed by atoms with Crippen molar-refractivity contribution in [2.75, 3.05) is 75.5 Å². The van der Waals surface area contributed by atoms with E-state index in [-0.39, 0.29) is 59.1 Å². The van der Waals surface area contributed by atoms with E-state index in [0.29, 0.717) is 80.1 Å². The summed E-state index contributed by atoms with van der Waals surface area (Å²) in [5.41, 5.74) is 1.48. The summed E-state index contributed by atoms with van der Waals surface area (Å²) in [6.45, 7) is 22.7. The quantitative estimate of drug-likeness (QED) is 0.103. The van der Waals surface area contributed by atoms with Crippen molar-refractivity contribution in [2.45, 2.75) is 227 Å². The molecule has 3 atom stereocenters. The fraction of sp³-hybridized carbons (Fsp3) is 0.571. The van der Waals surface area contributed by atoms with E-state index >= 15 is 0 Å². The van der Waals surface area contributed by atoms with E-state index in [4.69, 9.17) is 15.0 Å². The van der Waals surface area contributed by atoms with Crippen molar-refractivity contribution < 1.29 is 49.5 Å². The second-order valence-electron chi connectivity index (χ2n) is 31.2. The lowest BCUT2D eigenvalue weighted by molar-refractivity contribution is -0.138. The topological polar surface area (TPSA) is 160 Å². The Hall–Kier alpha value is -8.05. The molecule has 12 rings (SSSR count). The third-order valence-corrected chi connectivity index (χ3v) is 21.1. The zero-order valence-electron chi connectivity index (χ0n) is 61.1. The molecule has 0 radical (unpaired) electrons. The summed E-state index contributed by atoms with van der Waals surface area (Å²) in [7, 11) is 5.30. The van der Waals surface area contributed by atoms with Crippen LogP contribution in [0.2, 0.25) is 0 Å². The molecule has 0 unspecified atom stereocenters. The lowest BCUT2D eigenvalue weighted by atomic mass is 9.91. The number of halogens is 8. The SMILES string of the molecule is C[C@H](Cc1ncc2c(n1)N(C1CCCC1)CC(C)(C)C(=O)N2C)c1cc(C(C)(F)F)cc(C(F)(F)F)c1.C[C@H](Nc1ncc2c(n1)N(C1CCCC1)CC(C)(C)C(=O)N2C)c1ccc(C(C)(F)F)cc1.Cc1cc(F)cc([C@@H](C)Cc2ncc3c(n2)N(C2CCCC2)CC(C)(C)C(=O)N3C)c1. The Labute approximate surface area is 589 Å². The Kier molecular flexibility index (Phi) is 22.0. The minimum Gasteiger partial charge on any atom is -0.351 e. The van der Waals surface area contributed by atoms with E-state index in [2.05, 4.69) is 41.9 Å². The van der Waals surface area contributed by atoms with Crippen molar-refractivity contribution >= 4 is 58.2 Å². The van der Waals surface area contributed by atoms with Gasteiger partial charge < -0.3 is 34.7 Å². The largest absolute Gasteiger partial charge is 0.416 e. The molecule has 3 saturated carbocycles. The van der Waals surface area contributed by atoms with Gasteiger partial charge in [0.1, 0.15) is 34.5 Å². The summed E-state index contributed by atoms with van der Waals surface area (Å²) in [4.78, 5) is 79.3. The molecule has 3 aromatic heterocycles. The van der Waals surface area contributed by atoms with Gasteiger partial charge >= 0.3 is 6.18 Å². The highest BCUT2D eigenvalue weighted by Crippen LogP contribution is 2.45. The maximum Gasteiger partial charge on any atom is 0.416 e. The molecule has 6 heterocycles. The van der Waals surface area contributed by atoms with E-state index in [0.717, 1.165) is 110 Å². The van der Waals surface area contributed by atoms with Gasteiger partial charge in [0.15, 0.2) is 17.5 Å². The average molecular weight is 1410 g/mol. The number of aromatic nitrogens is 6. The van der Waals surface area contributed by atoms with Crippen LogP contribution < -0.4 is 34.7 Å². The van der Waals surface area contributed by atoms with Crippen LogP contribution in [0.15, 0.2) is 79.3 Å². The molecule has 3 aromatic carbocycles. The normalized spacial score (nSPS) is 19.9. The molecule has 0 saturated heterocycles. The van der Waals surface area contributed by atoms with Crippen molar-refractivity contribution in [1.82, 2.24) is 29.9 Å². The van der Waals surface area contributed by atoms with Gasteiger partial charge in [0.2, 0.25) is 23.7 Å². The number of nitrogens with zero attached hydrogens (tertiary/aromatic N) is 12. The predicted molar refractivity (Wildman–Crippen MR) is 381 cm³/mol. The highest BCUT2D eigenvalue weighted by atomic mass is 19.4. The maximum atomic E-state index is 14.0. The first-order valence-electron chi connectivity index (χ1n) is 35.6. The summed E-state index contributed by atoms with van der Waals surface area (Å²) >= 11 is 0. The summed E-state index contributed by atoms with van der Waals surface area (Å²) in [6, 6.07) is 14.8. The number of carbonyl (C=O) groups excluding carboxylic acids is 3. The summed E-state index contributed by atoms with van der Waals surface area (Å²) in [5, 5.41) is 3.30. The summed E-state index contributed by atoms with van der Waals surface area (Å²) in [5.74, 6) is -3.01. The van der Waals surface area contributed by atoms with Gasteiger partial charge in [0, 0.05) is 96.7 Å². The number of carbonyl (C=O) groups is 3. The Bertz CT molecular complexity index is 3920. The van der Waals surface area contributed by atoms with Crippen LogP contribution in [0.5, 0.6) is 0 Å². The van der Waals surface area contributed by atoms with E-state index in [1.807, 2.05) is 68.5 Å². The second-order valence-corrected chi connectivity index (χ2v) is 31.2. The van der Waals surface area contributed by atoms with Gasteiger partial charge in [-0.2, -0.15) is 18.2 Å². The predicted octanol–water partition coefficient (Wildman–Crippen LogP) is 17.2. The molecule has 3 aliphatic heterocycles. The molecule has 0 bridgehead atoms. The highest BCUT2D eigenvalue weighted by Gasteiger charge is 2.46. The van der Waals surface area contributed by atoms with Gasteiger partial charge in [0.25, 0.3) is 11.8 Å². The minimum absolute atomic E-state index is 0.0118. The first-order valence-corrected chi connectivity index (χ1v) is 35.6. The Morgan fingerprint density at radius 2 is 0.851 bits per heavy atom. The van der Waals surface area contributed by atoms with Crippen molar-refractivity contribution in [3.8, 4) is 0 Å². The van der Waals surface area contributed by atoms with Crippen LogP contribution in [0.3, 0.4) is 0 Å². The number of aryl methyl sites for hydroxylation is 1. The first-order chi connectivity index (χ1) is 47.2. The molecule has 6 aromatic rings. The number of amides is 3. The van der Waals surface area contributed by atoms with Gasteiger partial charge in [0.05, 0.1) is 46.4 Å². The van der Waals surface area contributed by atoms with E-state index in [9.17, 15) is 49.5 Å². The molecule has 6 aliphatic rings. The number of fused-ring (bicyclic) bond motifs is 3. The lowest BCUT2D eigenvalue weighted by Crippen LogP contribution is -2.45. The van der Waals surface area contributed by atoms with Crippen LogP contribution in [0.1, 0.15) is 222 Å². The first kappa shape index (κ1) is 75.6. The minimum atomic E-state index is -4.75. The molecule has 3 aliphatic carbocycles. The fourth-order valence-electron chi connectivity index (χ4n) is 15.3. The zero-order valence-corrected chi connectivity index (χ0v) is 61.1. The summed E-state index contributed by atoms with van der Waals surface area (Å²) < 4.78 is 109. The van der Waals surface area contributed by atoms with Crippen LogP contribution in [0, 0.1) is 29.0 Å². The number of alkyl halides is 7. The third-order valence-electron chi connectivity index (χ3n) is 21.1. The fourth-order valence-corrected chi connectivity index (χ4v) is 15.3. The smallest absolute Gasteiger partial charge is 0.351 e. The number of hydrogen-bond acceptors (Lipinski definition) is 13. The molecule has 546 valence electrons. The Morgan fingerprint density at radius 3 is 1.23 bits per heavy atom. The van der Waals surface area contributed by atoms with E-state index < -0.39 is 51.3 Å². The molecule has 1 N–H and O–H groups in total. The number of rotatable bonds is 14. The van der Waals surface area contributed by atoms with Gasteiger partial charge in [-0.1, -0.05) is 82.7 Å². The van der Waals surface area contributed by atoms with Crippen molar-refractivity contribution in [3.05, 3.63) is 136 Å². The highest BCUT2D eigenvalue weighted by molar-refractivity contribution is 6.02. The van der Waals surface area contributed by atoms with Crippen LogP contribution in [-0.2, 0) is 45.2 Å². The van der Waals surface area contributed by atoms with Gasteiger partial charge in [-0.05, 0) is 158 Å². The lowest BCUT2D eigenvalue weighted by Gasteiger charge is -2.34. The van der Waals surface area contributed by atoms with Crippen LogP contribution in [-0.4, -0.2) is 107 Å². The van der Waals surface area contributed by atoms with Gasteiger partial charge in [-0.25, -0.2) is 46.9 Å². The molecule has 3 amide bonds. The van der Waals surface area contributed by atoms with Crippen LogP contribution in [0.4, 0.5) is 75.6 Å². The van der Waals surface area contributed by atoms with Crippen LogP contribution >= 0.6 is 0 Å². The monoisotopic (exact) mass is 1410 g/mol. The van der Waals surface area contributed by atoms with Crippen molar-refractivity contribution in [1.29, 1.82) is 0 Å².